The molecule has 0 saturated carbocycles. The van der Waals surface area contributed by atoms with Crippen LogP contribution >= 0.6 is 0 Å². The van der Waals surface area contributed by atoms with Crippen LogP contribution in [0.5, 0.6) is 11.5 Å². The molecule has 1 unspecified atom stereocenters. The Bertz CT molecular complexity index is 1120. The van der Waals surface area contributed by atoms with Gasteiger partial charge in [-0.3, -0.25) is 14.4 Å². The van der Waals surface area contributed by atoms with Gasteiger partial charge in [-0.2, -0.15) is 0 Å². The second-order valence-electron chi connectivity index (χ2n) is 7.07. The van der Waals surface area contributed by atoms with Crippen LogP contribution in [0.3, 0.4) is 0 Å². The molecule has 11 heteroatoms. The van der Waals surface area contributed by atoms with E-state index in [1.165, 1.54) is 39.3 Å². The first-order valence-corrected chi connectivity index (χ1v) is 11.7. The van der Waals surface area contributed by atoms with Gasteiger partial charge in [0.2, 0.25) is 17.7 Å². The van der Waals surface area contributed by atoms with E-state index in [2.05, 4.69) is 16.0 Å². The van der Waals surface area contributed by atoms with Gasteiger partial charge in [-0.05, 0) is 42.8 Å². The molecule has 10 nitrogen and oxygen atoms in total. The number of amides is 3. The maximum atomic E-state index is 12.8. The Morgan fingerprint density at radius 1 is 0.848 bits per heavy atom. The van der Waals surface area contributed by atoms with Crippen LogP contribution in [0.2, 0.25) is 0 Å². The van der Waals surface area contributed by atoms with E-state index in [9.17, 15) is 22.8 Å². The van der Waals surface area contributed by atoms with Crippen molar-refractivity contribution in [3.05, 3.63) is 42.5 Å². The number of rotatable bonds is 10. The molecule has 0 aliphatic rings. The van der Waals surface area contributed by atoms with Crippen LogP contribution in [-0.4, -0.2) is 51.4 Å². The summed E-state index contributed by atoms with van der Waals surface area (Å²) < 4.78 is 35.8. The number of nitrogens with one attached hydrogen (secondary N) is 3. The number of anilines is 3. The van der Waals surface area contributed by atoms with Crippen molar-refractivity contribution in [2.75, 3.05) is 35.9 Å². The van der Waals surface area contributed by atoms with Crippen LogP contribution in [0.4, 0.5) is 17.1 Å². The second-order valence-corrected chi connectivity index (χ2v) is 9.25. The molecule has 0 aliphatic carbocycles. The molecule has 2 aromatic rings. The lowest BCUT2D eigenvalue weighted by molar-refractivity contribution is -0.116. The largest absolute Gasteiger partial charge is 0.493 e. The van der Waals surface area contributed by atoms with Crippen LogP contribution in [0, 0.1) is 0 Å². The molecule has 2 aromatic carbocycles. The lowest BCUT2D eigenvalue weighted by Crippen LogP contribution is -2.39. The van der Waals surface area contributed by atoms with Crippen molar-refractivity contribution in [2.24, 2.45) is 0 Å². The molecule has 0 bridgehead atoms. The van der Waals surface area contributed by atoms with Crippen molar-refractivity contribution in [1.82, 2.24) is 0 Å². The molecule has 178 valence electrons. The third-order valence-electron chi connectivity index (χ3n) is 4.57. The maximum absolute atomic E-state index is 12.8. The quantitative estimate of drug-likeness (QED) is 0.477. The highest BCUT2D eigenvalue weighted by atomic mass is 32.2. The number of methoxy groups -OCH3 is 2. The fraction of sp³-hybridized carbons (Fsp3) is 0.318. The summed E-state index contributed by atoms with van der Waals surface area (Å²) in [6.45, 7) is 2.92. The molecule has 0 saturated heterocycles. The molecule has 0 aliphatic heterocycles. The van der Waals surface area contributed by atoms with Crippen molar-refractivity contribution >= 4 is 44.6 Å². The van der Waals surface area contributed by atoms with Crippen molar-refractivity contribution in [2.45, 2.75) is 25.5 Å². The first-order valence-electron chi connectivity index (χ1n) is 10.0. The molecule has 0 spiro atoms. The highest BCUT2D eigenvalue weighted by Gasteiger charge is 2.33. The molecule has 0 radical (unpaired) electrons. The number of hydrogen-bond acceptors (Lipinski definition) is 7. The summed E-state index contributed by atoms with van der Waals surface area (Å²) in [5.74, 6) is -1.81. The lowest BCUT2D eigenvalue weighted by atomic mass is 10.2. The third kappa shape index (κ3) is 7.21. The first-order chi connectivity index (χ1) is 15.6. The van der Waals surface area contributed by atoms with Crippen LogP contribution < -0.4 is 25.4 Å². The Kier molecular flexibility index (Phi) is 8.80. The summed E-state index contributed by atoms with van der Waals surface area (Å²) in [5.41, 5.74) is 1.22. The fourth-order valence-corrected chi connectivity index (χ4v) is 4.59. The summed E-state index contributed by atoms with van der Waals surface area (Å²) in [6.07, 6.45) is -0.0121. The van der Waals surface area contributed by atoms with E-state index in [4.69, 9.17) is 9.47 Å². The Balaban J connectivity index is 2.06. The Morgan fingerprint density at radius 3 is 1.91 bits per heavy atom. The minimum absolute atomic E-state index is 0.0121. The molecule has 0 fully saturated rings. The van der Waals surface area contributed by atoms with Gasteiger partial charge in [0.1, 0.15) is 11.0 Å². The van der Waals surface area contributed by atoms with Gasteiger partial charge in [-0.15, -0.1) is 0 Å². The minimum Gasteiger partial charge on any atom is -0.493 e. The summed E-state index contributed by atoms with van der Waals surface area (Å²) in [6, 6.07) is 10.8. The Morgan fingerprint density at radius 2 is 1.39 bits per heavy atom. The van der Waals surface area contributed by atoms with Gasteiger partial charge in [0.15, 0.2) is 21.3 Å². The van der Waals surface area contributed by atoms with Gasteiger partial charge < -0.3 is 25.4 Å². The zero-order chi connectivity index (χ0) is 24.6. The van der Waals surface area contributed by atoms with Crippen LogP contribution in [-0.2, 0) is 24.2 Å². The van der Waals surface area contributed by atoms with E-state index in [0.717, 1.165) is 0 Å². The predicted octanol–water partition coefficient (Wildman–Crippen LogP) is 2.43. The molecule has 3 N–H and O–H groups in total. The zero-order valence-corrected chi connectivity index (χ0v) is 19.6. The number of hydrogen-bond donors (Lipinski definition) is 3. The smallest absolute Gasteiger partial charge is 0.242 e. The third-order valence-corrected chi connectivity index (χ3v) is 6.65. The first kappa shape index (κ1) is 25.7. The SMILES string of the molecule is CCC(C(=O)Nc1ccc(NC(C)=O)cc1)S(=O)(=O)CC(=O)Nc1ccc(OC)c(OC)c1. The molecule has 0 aromatic heterocycles. The van der Waals surface area contributed by atoms with E-state index in [0.29, 0.717) is 28.6 Å². The van der Waals surface area contributed by atoms with E-state index in [1.807, 2.05) is 0 Å². The Labute approximate surface area is 192 Å². The molecule has 33 heavy (non-hydrogen) atoms. The van der Waals surface area contributed by atoms with Crippen molar-refractivity contribution in [3.63, 3.8) is 0 Å². The summed E-state index contributed by atoms with van der Waals surface area (Å²) in [4.78, 5) is 36.1. The normalized spacial score (nSPS) is 11.8. The summed E-state index contributed by atoms with van der Waals surface area (Å²) in [5, 5.41) is 6.21. The van der Waals surface area contributed by atoms with Crippen LogP contribution in [0.1, 0.15) is 20.3 Å². The van der Waals surface area contributed by atoms with Crippen LogP contribution in [0.15, 0.2) is 42.5 Å². The average Bonchev–Trinajstić information content (AvgIpc) is 2.74. The second kappa shape index (κ2) is 11.3. The van der Waals surface area contributed by atoms with E-state index in [1.54, 1.807) is 31.2 Å². The van der Waals surface area contributed by atoms with Gasteiger partial charge in [-0.25, -0.2) is 8.42 Å². The molecular weight excluding hydrogens is 450 g/mol. The number of carbonyl (C=O) groups excluding carboxylic acids is 3. The van der Waals surface area contributed by atoms with Gasteiger partial charge >= 0.3 is 0 Å². The average molecular weight is 478 g/mol. The van der Waals surface area contributed by atoms with E-state index >= 15 is 0 Å². The van der Waals surface area contributed by atoms with Crippen molar-refractivity contribution in [3.8, 4) is 11.5 Å². The van der Waals surface area contributed by atoms with Gasteiger partial charge in [0.05, 0.1) is 14.2 Å². The van der Waals surface area contributed by atoms with Crippen molar-refractivity contribution < 1.29 is 32.3 Å². The van der Waals surface area contributed by atoms with Gasteiger partial charge in [0, 0.05) is 30.1 Å². The monoisotopic (exact) mass is 477 g/mol. The maximum Gasteiger partial charge on any atom is 0.242 e. The molecule has 3 amide bonds. The number of carbonyl (C=O) groups is 3. The number of ether oxygens (including phenoxy) is 2. The topological polar surface area (TPSA) is 140 Å². The zero-order valence-electron chi connectivity index (χ0n) is 18.8. The van der Waals surface area contributed by atoms with Crippen molar-refractivity contribution in [1.29, 1.82) is 0 Å². The molecule has 1 atom stereocenters. The lowest BCUT2D eigenvalue weighted by Gasteiger charge is -2.16. The Hall–Kier alpha value is -3.60. The standard InChI is InChI=1S/C22H27N3O7S/c1-5-20(22(28)25-16-8-6-15(7-9-16)23-14(2)26)33(29,30)13-21(27)24-17-10-11-18(31-3)19(12-17)32-4/h6-12,20H,5,13H2,1-4H3,(H,23,26)(H,24,27)(H,25,28). The fourth-order valence-electron chi connectivity index (χ4n) is 3.06. The number of benzene rings is 2. The van der Waals surface area contributed by atoms with E-state index in [-0.39, 0.29) is 12.3 Å². The molecular formula is C22H27N3O7S. The van der Waals surface area contributed by atoms with Gasteiger partial charge in [-0.1, -0.05) is 6.92 Å². The summed E-state index contributed by atoms with van der Waals surface area (Å²) in [7, 11) is -1.20. The number of sulfone groups is 1. The minimum atomic E-state index is -4.10. The molecule has 2 rings (SSSR count). The predicted molar refractivity (Wildman–Crippen MR) is 125 cm³/mol. The highest BCUT2D eigenvalue weighted by molar-refractivity contribution is 7.93. The van der Waals surface area contributed by atoms with Gasteiger partial charge in [0.25, 0.3) is 0 Å². The van der Waals surface area contributed by atoms with Crippen LogP contribution in [0.25, 0.3) is 0 Å². The summed E-state index contributed by atoms with van der Waals surface area (Å²) >= 11 is 0. The molecule has 0 heterocycles. The highest BCUT2D eigenvalue weighted by Crippen LogP contribution is 2.29. The van der Waals surface area contributed by atoms with E-state index < -0.39 is 32.7 Å².